The van der Waals surface area contributed by atoms with Crippen molar-refractivity contribution < 1.29 is 32.6 Å². The van der Waals surface area contributed by atoms with E-state index in [0.717, 1.165) is 44.9 Å². The molecular formula is C39H76NO6P. The second-order valence-corrected chi connectivity index (χ2v) is 16.1. The highest BCUT2D eigenvalue weighted by atomic mass is 31.2. The van der Waals surface area contributed by atoms with Crippen LogP contribution >= 0.6 is 7.82 Å². The monoisotopic (exact) mass is 686 g/mol. The Hall–Kier alpha value is -1.01. The molecular weight excluding hydrogens is 609 g/mol. The highest BCUT2D eigenvalue weighted by Gasteiger charge is 2.31. The molecule has 0 spiro atoms. The predicted octanol–water partition coefficient (Wildman–Crippen LogP) is 11.2. The zero-order chi connectivity index (χ0) is 35.1. The highest BCUT2D eigenvalue weighted by molar-refractivity contribution is 7.46. The van der Waals surface area contributed by atoms with Crippen LogP contribution in [0.5, 0.6) is 0 Å². The van der Waals surface area contributed by atoms with Gasteiger partial charge in [-0.15, -0.1) is 0 Å². The van der Waals surface area contributed by atoms with Gasteiger partial charge in [-0.3, -0.25) is 18.7 Å². The Morgan fingerprint density at radius 2 is 0.957 bits per heavy atom. The zero-order valence-corrected chi connectivity index (χ0v) is 32.5. The Bertz CT molecular complexity index is 825. The van der Waals surface area contributed by atoms with E-state index in [-0.39, 0.29) is 25.2 Å². The molecule has 0 saturated carbocycles. The number of carbonyl (C=O) groups is 2. The quantitative estimate of drug-likeness (QED) is 0.0285. The number of quaternary nitrogens is 1. The molecule has 0 aliphatic rings. The first-order valence-corrected chi connectivity index (χ1v) is 21.2. The number of hydrogen-bond acceptors (Lipinski definition) is 6. The molecule has 0 aliphatic heterocycles. The minimum absolute atomic E-state index is 0.0284. The summed E-state index contributed by atoms with van der Waals surface area (Å²) in [7, 11) is 0.691. The van der Waals surface area contributed by atoms with Gasteiger partial charge in [0.15, 0.2) is 11.9 Å². The van der Waals surface area contributed by atoms with Gasteiger partial charge in [0.25, 0.3) is 0 Å². The van der Waals surface area contributed by atoms with E-state index in [2.05, 4.69) is 26.0 Å². The average Bonchev–Trinajstić information content (AvgIpc) is 2.99. The molecule has 0 aromatic carbocycles. The van der Waals surface area contributed by atoms with Gasteiger partial charge in [0.05, 0.1) is 21.1 Å². The van der Waals surface area contributed by atoms with Gasteiger partial charge < -0.3 is 13.9 Å². The molecule has 0 amide bonds. The Balaban J connectivity index is 4.16. The van der Waals surface area contributed by atoms with Gasteiger partial charge in [-0.25, -0.2) is 0 Å². The summed E-state index contributed by atoms with van der Waals surface area (Å²) in [6.45, 7) is 4.68. The van der Waals surface area contributed by atoms with Crippen LogP contribution in [0.25, 0.3) is 0 Å². The number of nitrogens with zero attached hydrogens (tertiary/aromatic N) is 1. The number of hydrogen-bond donors (Lipinski definition) is 0. The van der Waals surface area contributed by atoms with Crippen molar-refractivity contribution in [3.05, 3.63) is 12.2 Å². The standard InChI is InChI=1S/C39H76NO6P/c1-6-8-10-12-14-16-18-20-21-23-25-27-29-31-33-35-39(42)46-47(43,44)45-38(36-40(3,4)5)37(41)34-32-30-28-26-24-22-19-17-15-13-11-9-7-2/h20-21,38H,6-19,22-36H2,1-5H3/b21-20-. The maximum Gasteiger partial charge on any atom is 0.322 e. The molecule has 47 heavy (non-hydrogen) atoms. The number of phosphoric acid groups is 1. The van der Waals surface area contributed by atoms with E-state index in [1.165, 1.54) is 109 Å². The summed E-state index contributed by atoms with van der Waals surface area (Å²) in [4.78, 5) is 37.8. The summed E-state index contributed by atoms with van der Waals surface area (Å²) in [5.74, 6) is -1.06. The lowest BCUT2D eigenvalue weighted by molar-refractivity contribution is -0.872. The molecule has 7 nitrogen and oxygen atoms in total. The molecule has 8 heteroatoms. The largest absolute Gasteiger partial charge is 0.746 e. The lowest BCUT2D eigenvalue weighted by Crippen LogP contribution is -2.45. The number of Topliss-reactive ketones (excluding diaryl/α,β-unsaturated/α-hetero) is 1. The Morgan fingerprint density at radius 1 is 0.596 bits per heavy atom. The van der Waals surface area contributed by atoms with Crippen LogP contribution in [-0.2, 0) is 23.2 Å². The van der Waals surface area contributed by atoms with E-state index in [0.29, 0.717) is 17.3 Å². The topological polar surface area (TPSA) is 92.7 Å². The van der Waals surface area contributed by atoms with Crippen molar-refractivity contribution in [3.8, 4) is 0 Å². The molecule has 2 unspecified atom stereocenters. The van der Waals surface area contributed by atoms with Gasteiger partial charge in [0, 0.05) is 12.8 Å². The van der Waals surface area contributed by atoms with Gasteiger partial charge >= 0.3 is 13.8 Å². The third-order valence-corrected chi connectivity index (χ3v) is 9.65. The number of likely N-dealkylation sites (N-methyl/N-ethyl adjacent to an activating group) is 1. The van der Waals surface area contributed by atoms with Crippen molar-refractivity contribution in [2.45, 2.75) is 200 Å². The van der Waals surface area contributed by atoms with Crippen LogP contribution in [0.1, 0.15) is 194 Å². The number of phosphoric ester groups is 1. The molecule has 0 aliphatic carbocycles. The van der Waals surface area contributed by atoms with Gasteiger partial charge in [-0.05, 0) is 38.5 Å². The number of unbranched alkanes of at least 4 members (excludes halogenated alkanes) is 23. The molecule has 0 aromatic rings. The van der Waals surface area contributed by atoms with E-state index in [1.54, 1.807) is 0 Å². The van der Waals surface area contributed by atoms with E-state index in [4.69, 9.17) is 9.05 Å². The summed E-state index contributed by atoms with van der Waals surface area (Å²) in [6.07, 6.45) is 34.4. The molecule has 0 rings (SSSR count). The fourth-order valence-electron chi connectivity index (χ4n) is 5.86. The summed E-state index contributed by atoms with van der Waals surface area (Å²) < 4.78 is 22.9. The van der Waals surface area contributed by atoms with E-state index in [9.17, 15) is 19.0 Å². The smallest absolute Gasteiger partial charge is 0.322 e. The number of ketones is 1. The lowest BCUT2D eigenvalue weighted by atomic mass is 10.0. The molecule has 0 bridgehead atoms. The van der Waals surface area contributed by atoms with Crippen LogP contribution in [0.2, 0.25) is 0 Å². The summed E-state index contributed by atoms with van der Waals surface area (Å²) in [5, 5.41) is 0. The Labute approximate surface area is 291 Å². The number of carbonyl (C=O) groups excluding carboxylic acids is 2. The third kappa shape index (κ3) is 33.3. The number of rotatable bonds is 35. The molecule has 2 atom stereocenters. The Morgan fingerprint density at radius 3 is 1.36 bits per heavy atom. The molecule has 0 fully saturated rings. The van der Waals surface area contributed by atoms with Crippen LogP contribution in [0, 0.1) is 0 Å². The molecule has 278 valence electrons. The Kier molecular flexibility index (Phi) is 30.3. The van der Waals surface area contributed by atoms with Gasteiger partial charge in [0.2, 0.25) is 0 Å². The molecule has 0 radical (unpaired) electrons. The van der Waals surface area contributed by atoms with Crippen molar-refractivity contribution in [1.82, 2.24) is 0 Å². The predicted molar refractivity (Wildman–Crippen MR) is 196 cm³/mol. The second-order valence-electron chi connectivity index (χ2n) is 14.8. The van der Waals surface area contributed by atoms with Gasteiger partial charge in [0.1, 0.15) is 6.54 Å². The van der Waals surface area contributed by atoms with E-state index >= 15 is 0 Å². The van der Waals surface area contributed by atoms with E-state index in [1.807, 2.05) is 21.1 Å². The van der Waals surface area contributed by atoms with Crippen LogP contribution in [0.15, 0.2) is 12.2 Å². The molecule has 0 N–H and O–H groups in total. The van der Waals surface area contributed by atoms with E-state index < -0.39 is 19.9 Å². The van der Waals surface area contributed by atoms with Crippen molar-refractivity contribution >= 4 is 19.6 Å². The average molecular weight is 686 g/mol. The molecule has 0 aromatic heterocycles. The maximum absolute atomic E-state index is 13.0. The molecule has 0 heterocycles. The number of allylic oxidation sites excluding steroid dienone is 2. The van der Waals surface area contributed by atoms with Crippen molar-refractivity contribution in [3.63, 3.8) is 0 Å². The first-order valence-electron chi connectivity index (χ1n) is 19.7. The van der Waals surface area contributed by atoms with Crippen LogP contribution in [-0.4, -0.2) is 50.0 Å². The van der Waals surface area contributed by atoms with Crippen LogP contribution in [0.4, 0.5) is 0 Å². The fourth-order valence-corrected chi connectivity index (χ4v) is 6.74. The van der Waals surface area contributed by atoms with Crippen LogP contribution < -0.4 is 4.89 Å². The SMILES string of the molecule is CCCCCCCC/C=C\CCCCCCCC(=O)OP(=O)([O-])OC(C[N+](C)(C)C)C(=O)CCCCCCCCCCCCCCC. The highest BCUT2D eigenvalue weighted by Crippen LogP contribution is 2.41. The van der Waals surface area contributed by atoms with Gasteiger partial charge in [-0.1, -0.05) is 154 Å². The van der Waals surface area contributed by atoms with Crippen LogP contribution in [0.3, 0.4) is 0 Å². The maximum atomic E-state index is 13.0. The first-order chi connectivity index (χ1) is 22.5. The second kappa shape index (κ2) is 31.0. The third-order valence-electron chi connectivity index (χ3n) is 8.71. The van der Waals surface area contributed by atoms with Crippen molar-refractivity contribution in [1.29, 1.82) is 0 Å². The minimum atomic E-state index is -4.94. The van der Waals surface area contributed by atoms with Crippen molar-refractivity contribution in [2.24, 2.45) is 0 Å². The summed E-state index contributed by atoms with van der Waals surface area (Å²) in [6, 6.07) is 0. The summed E-state index contributed by atoms with van der Waals surface area (Å²) >= 11 is 0. The van der Waals surface area contributed by atoms with Gasteiger partial charge in [-0.2, -0.15) is 0 Å². The lowest BCUT2D eigenvalue weighted by Gasteiger charge is -2.32. The fraction of sp³-hybridized carbons (Fsp3) is 0.897. The molecule has 0 saturated heterocycles. The zero-order valence-electron chi connectivity index (χ0n) is 31.6. The summed E-state index contributed by atoms with van der Waals surface area (Å²) in [5.41, 5.74) is 0. The normalized spacial score (nSPS) is 14.0. The first kappa shape index (κ1) is 46.0. The van der Waals surface area contributed by atoms with Crippen molar-refractivity contribution in [2.75, 3.05) is 27.7 Å². The minimum Gasteiger partial charge on any atom is -0.746 e.